The molecule has 0 aromatic carbocycles. The molecule has 1 heterocycles. The lowest BCUT2D eigenvalue weighted by molar-refractivity contribution is -0.659. The van der Waals surface area contributed by atoms with Crippen molar-refractivity contribution < 1.29 is 5.03 Å². The van der Waals surface area contributed by atoms with Gasteiger partial charge in [-0.3, -0.25) is 11.1 Å². The number of rotatable bonds is 1. The first kappa shape index (κ1) is 6.24. The number of nitrogens with zero attached hydrogens (tertiary/aromatic N) is 2. The van der Waals surface area contributed by atoms with Crippen LogP contribution in [0.4, 0.5) is 0 Å². The van der Waals surface area contributed by atoms with E-state index in [0.29, 0.717) is 13.1 Å². The van der Waals surface area contributed by atoms with Gasteiger partial charge in [-0.2, -0.15) is 0 Å². The van der Waals surface area contributed by atoms with Crippen LogP contribution >= 0.6 is 0 Å². The molecular weight excluding hydrogens is 124 g/mol. The van der Waals surface area contributed by atoms with Gasteiger partial charge in [-0.1, -0.05) is 5.01 Å². The molecule has 0 bridgehead atoms. The molecule has 0 radical (unpaired) electrons. The highest BCUT2D eigenvalue weighted by molar-refractivity contribution is 4.64. The summed E-state index contributed by atoms with van der Waals surface area (Å²) in [6.07, 6.45) is -0.611. The van der Waals surface area contributed by atoms with Crippen LogP contribution in [-0.2, 0) is 0 Å². The summed E-state index contributed by atoms with van der Waals surface area (Å²) >= 11 is 0. The van der Waals surface area contributed by atoms with E-state index in [1.54, 1.807) is 0 Å². The molecule has 0 aromatic rings. The van der Waals surface area contributed by atoms with E-state index < -0.39 is 11.3 Å². The Labute approximate surface area is 51.7 Å². The third-order valence-electron chi connectivity index (χ3n) is 1.23. The standard InChI is InChI=1S/C3H8N4O2/c4-3-5-1-2-6(3)7(8)9/h3,5H,1-2,4H2. The number of hydrogen-bond donors (Lipinski definition) is 2. The average molecular weight is 132 g/mol. The van der Waals surface area contributed by atoms with Gasteiger partial charge >= 0.3 is 0 Å². The molecular formula is C3H8N4O2. The van der Waals surface area contributed by atoms with Gasteiger partial charge in [0.15, 0.2) is 11.3 Å². The summed E-state index contributed by atoms with van der Waals surface area (Å²) in [6.45, 7) is 0.969. The Kier molecular flexibility index (Phi) is 1.50. The summed E-state index contributed by atoms with van der Waals surface area (Å²) in [5.74, 6) is 0. The number of nitro groups is 1. The second-order valence-corrected chi connectivity index (χ2v) is 1.80. The summed E-state index contributed by atoms with van der Waals surface area (Å²) in [5, 5.41) is 13.2. The Morgan fingerprint density at radius 1 is 1.89 bits per heavy atom. The zero-order valence-corrected chi connectivity index (χ0v) is 4.78. The predicted molar refractivity (Wildman–Crippen MR) is 29.7 cm³/mol. The summed E-state index contributed by atoms with van der Waals surface area (Å²) in [5.41, 5.74) is 5.25. The van der Waals surface area contributed by atoms with E-state index in [9.17, 15) is 10.1 Å². The molecule has 3 N–H and O–H groups in total. The van der Waals surface area contributed by atoms with Crippen molar-refractivity contribution in [3.05, 3.63) is 10.1 Å². The highest BCUT2D eigenvalue weighted by Gasteiger charge is 2.27. The molecule has 1 rings (SSSR count). The first-order chi connectivity index (χ1) is 4.22. The van der Waals surface area contributed by atoms with E-state index in [2.05, 4.69) is 5.32 Å². The molecule has 0 spiro atoms. The maximum absolute atomic E-state index is 10.0. The lowest BCUT2D eigenvalue weighted by atomic mass is 10.7. The van der Waals surface area contributed by atoms with E-state index in [0.717, 1.165) is 5.01 Å². The van der Waals surface area contributed by atoms with Crippen LogP contribution < -0.4 is 11.1 Å². The van der Waals surface area contributed by atoms with Crippen LogP contribution in [0.25, 0.3) is 0 Å². The minimum atomic E-state index is -0.611. The van der Waals surface area contributed by atoms with Crippen LogP contribution in [0.15, 0.2) is 0 Å². The van der Waals surface area contributed by atoms with E-state index in [-0.39, 0.29) is 0 Å². The van der Waals surface area contributed by atoms with Gasteiger partial charge in [0.25, 0.3) is 0 Å². The van der Waals surface area contributed by atoms with Crippen LogP contribution in [0.3, 0.4) is 0 Å². The molecule has 1 atom stereocenters. The van der Waals surface area contributed by atoms with Gasteiger partial charge in [0.2, 0.25) is 0 Å². The molecule has 9 heavy (non-hydrogen) atoms. The van der Waals surface area contributed by atoms with Crippen molar-refractivity contribution in [1.82, 2.24) is 10.3 Å². The molecule has 0 amide bonds. The third-order valence-corrected chi connectivity index (χ3v) is 1.23. The van der Waals surface area contributed by atoms with Gasteiger partial charge < -0.3 is 0 Å². The highest BCUT2D eigenvalue weighted by Crippen LogP contribution is 1.95. The van der Waals surface area contributed by atoms with Gasteiger partial charge in [0.1, 0.15) is 0 Å². The summed E-state index contributed by atoms with van der Waals surface area (Å²) < 4.78 is 0. The van der Waals surface area contributed by atoms with Crippen LogP contribution in [0.5, 0.6) is 0 Å². The Balaban J connectivity index is 2.49. The van der Waals surface area contributed by atoms with E-state index in [4.69, 9.17) is 5.73 Å². The fraction of sp³-hybridized carbons (Fsp3) is 1.00. The number of nitrogens with two attached hydrogens (primary N) is 1. The molecule has 1 saturated heterocycles. The fourth-order valence-corrected chi connectivity index (χ4v) is 0.755. The van der Waals surface area contributed by atoms with E-state index in [1.165, 1.54) is 0 Å². The van der Waals surface area contributed by atoms with Crippen LogP contribution in [0.1, 0.15) is 0 Å². The minimum absolute atomic E-state index is 0.383. The summed E-state index contributed by atoms with van der Waals surface area (Å²) in [4.78, 5) is 10.0. The second-order valence-electron chi connectivity index (χ2n) is 1.80. The highest BCUT2D eigenvalue weighted by atomic mass is 16.7. The van der Waals surface area contributed by atoms with Crippen molar-refractivity contribution in [3.63, 3.8) is 0 Å². The van der Waals surface area contributed by atoms with Gasteiger partial charge in [-0.05, 0) is 0 Å². The molecule has 52 valence electrons. The van der Waals surface area contributed by atoms with Crippen LogP contribution in [0.2, 0.25) is 0 Å². The molecule has 0 saturated carbocycles. The maximum Gasteiger partial charge on any atom is 0.190 e. The smallest absolute Gasteiger partial charge is 0.190 e. The monoisotopic (exact) mass is 132 g/mol. The van der Waals surface area contributed by atoms with E-state index in [1.807, 2.05) is 0 Å². The number of hydrogen-bond acceptors (Lipinski definition) is 4. The van der Waals surface area contributed by atoms with Crippen molar-refractivity contribution in [2.45, 2.75) is 6.29 Å². The van der Waals surface area contributed by atoms with Crippen molar-refractivity contribution in [2.75, 3.05) is 13.1 Å². The van der Waals surface area contributed by atoms with Gasteiger partial charge in [-0.25, -0.2) is 10.1 Å². The van der Waals surface area contributed by atoms with Gasteiger partial charge in [0, 0.05) is 6.54 Å². The minimum Gasteiger partial charge on any atom is -0.294 e. The average Bonchev–Trinajstić information content (AvgIpc) is 2.13. The summed E-state index contributed by atoms with van der Waals surface area (Å²) in [6, 6.07) is 0. The Morgan fingerprint density at radius 3 is 2.78 bits per heavy atom. The zero-order valence-electron chi connectivity index (χ0n) is 4.78. The molecule has 0 aliphatic carbocycles. The van der Waals surface area contributed by atoms with Crippen molar-refractivity contribution in [3.8, 4) is 0 Å². The second kappa shape index (κ2) is 2.16. The first-order valence-corrected chi connectivity index (χ1v) is 2.62. The fourth-order valence-electron chi connectivity index (χ4n) is 0.755. The maximum atomic E-state index is 10.0. The Hall–Kier alpha value is -0.880. The van der Waals surface area contributed by atoms with Crippen LogP contribution in [0, 0.1) is 10.1 Å². The molecule has 1 unspecified atom stereocenters. The molecule has 1 fully saturated rings. The third kappa shape index (κ3) is 1.08. The normalized spacial score (nSPS) is 26.8. The number of nitrogens with one attached hydrogen (secondary N) is 1. The zero-order chi connectivity index (χ0) is 6.85. The first-order valence-electron chi connectivity index (χ1n) is 2.62. The molecule has 1 aliphatic rings. The molecule has 6 heteroatoms. The van der Waals surface area contributed by atoms with Crippen molar-refractivity contribution >= 4 is 0 Å². The lowest BCUT2D eigenvalue weighted by Gasteiger charge is -2.09. The van der Waals surface area contributed by atoms with Gasteiger partial charge in [0.05, 0.1) is 6.54 Å². The van der Waals surface area contributed by atoms with Crippen LogP contribution in [-0.4, -0.2) is 29.4 Å². The Bertz CT molecular complexity index is 127. The number of hydrazine groups is 1. The van der Waals surface area contributed by atoms with E-state index >= 15 is 0 Å². The summed E-state index contributed by atoms with van der Waals surface area (Å²) in [7, 11) is 0. The predicted octanol–water partition coefficient (Wildman–Crippen LogP) is -1.67. The van der Waals surface area contributed by atoms with Gasteiger partial charge in [-0.15, -0.1) is 0 Å². The lowest BCUT2D eigenvalue weighted by Crippen LogP contribution is -2.46. The molecule has 1 aliphatic heterocycles. The Morgan fingerprint density at radius 2 is 2.56 bits per heavy atom. The largest absolute Gasteiger partial charge is 0.294 e. The quantitative estimate of drug-likeness (QED) is 0.329. The molecule has 6 nitrogen and oxygen atoms in total. The SMILES string of the molecule is NC1NCCN1[N+](=O)[O-]. The van der Waals surface area contributed by atoms with Crippen molar-refractivity contribution in [1.29, 1.82) is 0 Å². The van der Waals surface area contributed by atoms with Crippen molar-refractivity contribution in [2.24, 2.45) is 5.73 Å². The molecule has 0 aromatic heterocycles. The topological polar surface area (TPSA) is 84.4 Å².